The topological polar surface area (TPSA) is 111 Å². The number of hydrogen-bond acceptors (Lipinski definition) is 5. The van der Waals surface area contributed by atoms with Gasteiger partial charge in [-0.05, 0) is 46.0 Å². The lowest BCUT2D eigenvalue weighted by Gasteiger charge is -2.23. The summed E-state index contributed by atoms with van der Waals surface area (Å²) < 4.78 is 5.68. The van der Waals surface area contributed by atoms with Gasteiger partial charge in [0, 0.05) is 18.5 Å². The second-order valence-electron chi connectivity index (χ2n) is 10.5. The van der Waals surface area contributed by atoms with Crippen LogP contribution in [0.3, 0.4) is 0 Å². The predicted octanol–water partition coefficient (Wildman–Crippen LogP) is 5.10. The largest absolute Gasteiger partial charge is 0.369 e. The van der Waals surface area contributed by atoms with E-state index in [9.17, 15) is 14.4 Å². The van der Waals surface area contributed by atoms with E-state index >= 15 is 0 Å². The van der Waals surface area contributed by atoms with Crippen LogP contribution in [-0.2, 0) is 33.9 Å². The van der Waals surface area contributed by atoms with Crippen LogP contribution in [0.25, 0.3) is 10.8 Å². The summed E-state index contributed by atoms with van der Waals surface area (Å²) in [6.45, 7) is 2.61. The minimum atomic E-state index is -0.894. The monoisotopic (exact) mass is 565 g/mol. The molecular formula is C35H39N3O4. The predicted molar refractivity (Wildman–Crippen MR) is 166 cm³/mol. The van der Waals surface area contributed by atoms with E-state index in [0.717, 1.165) is 40.3 Å². The highest BCUT2D eigenvalue weighted by Crippen LogP contribution is 2.17. The Bertz CT molecular complexity index is 1470. The molecule has 4 aromatic carbocycles. The first kappa shape index (κ1) is 30.6. The van der Waals surface area contributed by atoms with Gasteiger partial charge in [-0.2, -0.15) is 0 Å². The van der Waals surface area contributed by atoms with Gasteiger partial charge in [0.25, 0.3) is 5.91 Å². The van der Waals surface area contributed by atoms with Gasteiger partial charge in [0.1, 0.15) is 12.6 Å². The SMILES string of the molecule is CCCC[C@H](NC(=O)[C@H](Cc1ccc2ccccc2c1)NC(=O)c1ccc(CN)cc1)C(=O)COCc1ccccc1. The summed E-state index contributed by atoms with van der Waals surface area (Å²) in [6.07, 6.45) is 2.40. The summed E-state index contributed by atoms with van der Waals surface area (Å²) in [4.78, 5) is 40.1. The van der Waals surface area contributed by atoms with Gasteiger partial charge in [0.05, 0.1) is 12.6 Å². The molecule has 0 aromatic heterocycles. The average molecular weight is 566 g/mol. The van der Waals surface area contributed by atoms with E-state index in [2.05, 4.69) is 10.6 Å². The van der Waals surface area contributed by atoms with E-state index in [4.69, 9.17) is 10.5 Å². The zero-order valence-corrected chi connectivity index (χ0v) is 24.1. The Balaban J connectivity index is 1.50. The number of fused-ring (bicyclic) bond motifs is 1. The standard InChI is InChI=1S/C35H39N3O4/c1-2-3-13-31(33(39)24-42-23-26-9-5-4-6-10-26)37-35(41)32(38-34(40)29-18-14-25(22-36)15-19-29)21-27-16-17-28-11-7-8-12-30(28)20-27/h4-12,14-20,31-32H,2-3,13,21-24,36H2,1H3,(H,37,41)(H,38,40)/t31-,32-/m0/s1. The number of nitrogens with two attached hydrogens (primary N) is 1. The third kappa shape index (κ3) is 8.83. The highest BCUT2D eigenvalue weighted by molar-refractivity contribution is 5.98. The molecule has 4 rings (SSSR count). The van der Waals surface area contributed by atoms with Gasteiger partial charge in [-0.1, -0.05) is 105 Å². The van der Waals surface area contributed by atoms with Crippen molar-refractivity contribution in [3.63, 3.8) is 0 Å². The molecule has 2 atom stereocenters. The molecule has 4 N–H and O–H groups in total. The van der Waals surface area contributed by atoms with E-state index < -0.39 is 18.0 Å². The number of amides is 2. The number of ether oxygens (including phenoxy) is 1. The molecule has 0 spiro atoms. The molecule has 0 fully saturated rings. The lowest BCUT2D eigenvalue weighted by molar-refractivity contribution is -0.131. The van der Waals surface area contributed by atoms with Crippen LogP contribution in [0.1, 0.15) is 53.2 Å². The van der Waals surface area contributed by atoms with Gasteiger partial charge >= 0.3 is 0 Å². The molecule has 0 radical (unpaired) electrons. The fraction of sp³-hybridized carbons (Fsp3) is 0.286. The molecule has 0 bridgehead atoms. The first-order chi connectivity index (χ1) is 20.5. The average Bonchev–Trinajstić information content (AvgIpc) is 3.03. The Morgan fingerprint density at radius 2 is 1.45 bits per heavy atom. The van der Waals surface area contributed by atoms with E-state index in [1.807, 2.05) is 79.7 Å². The van der Waals surface area contributed by atoms with Crippen molar-refractivity contribution >= 4 is 28.4 Å². The molecule has 42 heavy (non-hydrogen) atoms. The van der Waals surface area contributed by atoms with Crippen molar-refractivity contribution in [2.75, 3.05) is 6.61 Å². The molecule has 0 saturated carbocycles. The maximum absolute atomic E-state index is 13.7. The Hall–Kier alpha value is -4.33. The second-order valence-corrected chi connectivity index (χ2v) is 10.5. The minimum absolute atomic E-state index is 0.112. The number of ketones is 1. The smallest absolute Gasteiger partial charge is 0.251 e. The van der Waals surface area contributed by atoms with Crippen LogP contribution in [0.4, 0.5) is 0 Å². The molecule has 0 aliphatic carbocycles. The molecule has 2 amide bonds. The van der Waals surface area contributed by atoms with Gasteiger partial charge in [-0.25, -0.2) is 0 Å². The summed E-state index contributed by atoms with van der Waals surface area (Å²) in [6, 6.07) is 29.0. The Morgan fingerprint density at radius 1 is 0.762 bits per heavy atom. The van der Waals surface area contributed by atoms with Crippen LogP contribution in [0.2, 0.25) is 0 Å². The van der Waals surface area contributed by atoms with Gasteiger partial charge in [-0.15, -0.1) is 0 Å². The molecule has 0 unspecified atom stereocenters. The Labute approximate surface area is 247 Å². The first-order valence-corrected chi connectivity index (χ1v) is 14.5. The van der Waals surface area contributed by atoms with Crippen molar-refractivity contribution in [3.05, 3.63) is 119 Å². The van der Waals surface area contributed by atoms with Gasteiger partial charge < -0.3 is 21.1 Å². The number of benzene rings is 4. The summed E-state index contributed by atoms with van der Waals surface area (Å²) >= 11 is 0. The maximum atomic E-state index is 13.7. The maximum Gasteiger partial charge on any atom is 0.251 e. The molecule has 0 aliphatic heterocycles. The van der Waals surface area contributed by atoms with Crippen molar-refractivity contribution in [3.8, 4) is 0 Å². The number of hydrogen-bond donors (Lipinski definition) is 3. The number of Topliss-reactive ketones (excluding diaryl/α,β-unsaturated/α-hetero) is 1. The van der Waals surface area contributed by atoms with Crippen LogP contribution in [-0.4, -0.2) is 36.3 Å². The number of nitrogens with one attached hydrogen (secondary N) is 2. The molecule has 0 aliphatic rings. The second kappa shape index (κ2) is 15.6. The lowest BCUT2D eigenvalue weighted by atomic mass is 9.99. The molecule has 0 saturated heterocycles. The highest BCUT2D eigenvalue weighted by atomic mass is 16.5. The Morgan fingerprint density at radius 3 is 2.17 bits per heavy atom. The van der Waals surface area contributed by atoms with Gasteiger partial charge in [-0.3, -0.25) is 14.4 Å². The van der Waals surface area contributed by atoms with E-state index in [1.54, 1.807) is 24.3 Å². The van der Waals surface area contributed by atoms with Crippen LogP contribution in [0, 0.1) is 0 Å². The van der Waals surface area contributed by atoms with E-state index in [0.29, 0.717) is 25.1 Å². The molecule has 218 valence electrons. The summed E-state index contributed by atoms with van der Waals surface area (Å²) in [5, 5.41) is 7.98. The highest BCUT2D eigenvalue weighted by Gasteiger charge is 2.27. The van der Waals surface area contributed by atoms with Crippen LogP contribution in [0.15, 0.2) is 97.1 Å². The van der Waals surface area contributed by atoms with Crippen molar-refractivity contribution < 1.29 is 19.1 Å². The van der Waals surface area contributed by atoms with Crippen LogP contribution in [0.5, 0.6) is 0 Å². The Kier molecular flexibility index (Phi) is 11.4. The minimum Gasteiger partial charge on any atom is -0.369 e. The third-order valence-electron chi connectivity index (χ3n) is 7.23. The first-order valence-electron chi connectivity index (χ1n) is 14.5. The quantitative estimate of drug-likeness (QED) is 0.186. The van der Waals surface area contributed by atoms with Crippen LogP contribution < -0.4 is 16.4 Å². The van der Waals surface area contributed by atoms with E-state index in [1.165, 1.54) is 0 Å². The summed E-state index contributed by atoms with van der Waals surface area (Å²) in [5.41, 5.74) is 8.90. The third-order valence-corrected chi connectivity index (χ3v) is 7.23. The van der Waals surface area contributed by atoms with Crippen molar-refractivity contribution in [1.29, 1.82) is 0 Å². The number of carbonyl (C=O) groups excluding carboxylic acids is 3. The van der Waals surface area contributed by atoms with Crippen molar-refractivity contribution in [2.45, 2.75) is 57.8 Å². The van der Waals surface area contributed by atoms with Gasteiger partial charge in [0.15, 0.2) is 5.78 Å². The summed E-state index contributed by atoms with van der Waals surface area (Å²) in [7, 11) is 0. The zero-order valence-electron chi connectivity index (χ0n) is 24.1. The van der Waals surface area contributed by atoms with E-state index in [-0.39, 0.29) is 24.7 Å². The van der Waals surface area contributed by atoms with Crippen molar-refractivity contribution in [1.82, 2.24) is 10.6 Å². The summed E-state index contributed by atoms with van der Waals surface area (Å²) in [5.74, 6) is -0.976. The normalized spacial score (nSPS) is 12.4. The van der Waals surface area contributed by atoms with Crippen LogP contribution >= 0.6 is 0 Å². The molecule has 7 nitrogen and oxygen atoms in total. The fourth-order valence-electron chi connectivity index (χ4n) is 4.78. The van der Waals surface area contributed by atoms with Gasteiger partial charge in [0.2, 0.25) is 5.91 Å². The zero-order chi connectivity index (χ0) is 29.7. The molecule has 0 heterocycles. The number of carbonyl (C=O) groups is 3. The lowest BCUT2D eigenvalue weighted by Crippen LogP contribution is -2.53. The van der Waals surface area contributed by atoms with Crippen molar-refractivity contribution in [2.24, 2.45) is 5.73 Å². The molecular weight excluding hydrogens is 526 g/mol. The molecule has 7 heteroatoms. The number of rotatable bonds is 15. The number of unbranched alkanes of at least 4 members (excludes halogenated alkanes) is 1. The fourth-order valence-corrected chi connectivity index (χ4v) is 4.78. The molecule has 4 aromatic rings.